The van der Waals surface area contributed by atoms with E-state index in [2.05, 4.69) is 83.4 Å². The summed E-state index contributed by atoms with van der Waals surface area (Å²) in [6.45, 7) is 0. The SMILES string of the molecule is O[B]Oc1ccc2c(c1)c1ccccc1n2-c1cc(-c2ccccc2)c2ccccc2c1. The van der Waals surface area contributed by atoms with Crippen molar-refractivity contribution in [3.63, 3.8) is 0 Å². The average molecular weight is 412 g/mol. The van der Waals surface area contributed by atoms with Crippen molar-refractivity contribution in [3.05, 3.63) is 109 Å². The third-order valence-electron chi connectivity index (χ3n) is 6.02. The minimum atomic E-state index is 0.603. The van der Waals surface area contributed by atoms with Gasteiger partial charge in [-0.2, -0.15) is 0 Å². The van der Waals surface area contributed by atoms with Gasteiger partial charge in [-0.15, -0.1) is 0 Å². The van der Waals surface area contributed by atoms with Crippen LogP contribution in [0.2, 0.25) is 0 Å². The molecule has 1 aromatic heterocycles. The number of benzene rings is 5. The number of rotatable bonds is 4. The van der Waals surface area contributed by atoms with Crippen LogP contribution in [0.5, 0.6) is 5.75 Å². The number of nitrogens with zero attached hydrogens (tertiary/aromatic N) is 1. The topological polar surface area (TPSA) is 34.4 Å². The van der Waals surface area contributed by atoms with Crippen molar-refractivity contribution in [2.24, 2.45) is 0 Å². The van der Waals surface area contributed by atoms with E-state index in [0.29, 0.717) is 5.75 Å². The lowest BCUT2D eigenvalue weighted by molar-refractivity contribution is 0.454. The fraction of sp³-hybridized carbons (Fsp3) is 0. The van der Waals surface area contributed by atoms with E-state index in [0.717, 1.165) is 35.2 Å². The Morgan fingerprint density at radius 1 is 0.625 bits per heavy atom. The molecule has 0 unspecified atom stereocenters. The first kappa shape index (κ1) is 18.7. The van der Waals surface area contributed by atoms with Crippen LogP contribution in [0.15, 0.2) is 109 Å². The molecule has 5 aromatic carbocycles. The van der Waals surface area contributed by atoms with Crippen molar-refractivity contribution in [1.29, 1.82) is 0 Å². The molecule has 6 aromatic rings. The maximum atomic E-state index is 9.08. The molecule has 0 bridgehead atoms. The monoisotopic (exact) mass is 412 g/mol. The summed E-state index contributed by atoms with van der Waals surface area (Å²) in [6, 6.07) is 37.9. The lowest BCUT2D eigenvalue weighted by atomic mass is 9.97. The smallest absolute Gasteiger partial charge is 0.537 e. The summed E-state index contributed by atoms with van der Waals surface area (Å²) in [6.07, 6.45) is 0. The van der Waals surface area contributed by atoms with E-state index >= 15 is 0 Å². The van der Waals surface area contributed by atoms with Crippen molar-refractivity contribution in [2.45, 2.75) is 0 Å². The first-order valence-electron chi connectivity index (χ1n) is 10.6. The Hall–Kier alpha value is -4.02. The summed E-state index contributed by atoms with van der Waals surface area (Å²) < 4.78 is 7.54. The Labute approximate surface area is 186 Å². The van der Waals surface area contributed by atoms with Gasteiger partial charge in [-0.1, -0.05) is 72.8 Å². The molecule has 0 fully saturated rings. The second-order valence-electron chi connectivity index (χ2n) is 7.84. The molecule has 151 valence electrons. The van der Waals surface area contributed by atoms with Crippen LogP contribution in [0.3, 0.4) is 0 Å². The average Bonchev–Trinajstić information content (AvgIpc) is 3.18. The van der Waals surface area contributed by atoms with Crippen LogP contribution in [-0.2, 0) is 0 Å². The molecule has 0 aliphatic rings. The Morgan fingerprint density at radius 3 is 2.19 bits per heavy atom. The highest BCUT2D eigenvalue weighted by molar-refractivity contribution is 6.17. The first-order chi connectivity index (χ1) is 15.8. The molecule has 3 nitrogen and oxygen atoms in total. The third kappa shape index (κ3) is 2.96. The maximum Gasteiger partial charge on any atom is 0.569 e. The summed E-state index contributed by atoms with van der Waals surface area (Å²) in [5.41, 5.74) is 5.73. The van der Waals surface area contributed by atoms with Gasteiger partial charge < -0.3 is 14.2 Å². The van der Waals surface area contributed by atoms with Gasteiger partial charge in [0, 0.05) is 16.5 Å². The molecule has 1 heterocycles. The van der Waals surface area contributed by atoms with Gasteiger partial charge in [0.15, 0.2) is 0 Å². The van der Waals surface area contributed by atoms with Crippen LogP contribution < -0.4 is 4.65 Å². The zero-order valence-electron chi connectivity index (χ0n) is 17.3. The Bertz CT molecular complexity index is 1590. The van der Waals surface area contributed by atoms with Crippen LogP contribution in [0.1, 0.15) is 0 Å². The lowest BCUT2D eigenvalue weighted by Gasteiger charge is -2.14. The van der Waals surface area contributed by atoms with Gasteiger partial charge in [-0.3, -0.25) is 0 Å². The van der Waals surface area contributed by atoms with E-state index in [4.69, 9.17) is 9.68 Å². The largest absolute Gasteiger partial charge is 0.569 e. The van der Waals surface area contributed by atoms with Crippen molar-refractivity contribution < 1.29 is 9.68 Å². The Morgan fingerprint density at radius 2 is 1.34 bits per heavy atom. The molecule has 4 heteroatoms. The zero-order chi connectivity index (χ0) is 21.5. The van der Waals surface area contributed by atoms with E-state index < -0.39 is 0 Å². The minimum absolute atomic E-state index is 0.603. The molecular formula is C28H19BNO2. The number of hydrogen-bond donors (Lipinski definition) is 1. The predicted octanol–water partition coefficient (Wildman–Crippen LogP) is 6.51. The number of hydrogen-bond acceptors (Lipinski definition) is 2. The molecule has 1 N–H and O–H groups in total. The second-order valence-corrected chi connectivity index (χ2v) is 7.84. The van der Waals surface area contributed by atoms with E-state index in [1.807, 2.05) is 30.3 Å². The van der Waals surface area contributed by atoms with Gasteiger partial charge >= 0.3 is 7.69 Å². The normalized spacial score (nSPS) is 11.3. The highest BCUT2D eigenvalue weighted by Crippen LogP contribution is 2.37. The summed E-state index contributed by atoms with van der Waals surface area (Å²) in [5.74, 6) is 0.603. The molecule has 0 aliphatic heterocycles. The maximum absolute atomic E-state index is 9.08. The van der Waals surface area contributed by atoms with Crippen molar-refractivity contribution >= 4 is 40.3 Å². The summed E-state index contributed by atoms with van der Waals surface area (Å²) in [4.78, 5) is 0. The van der Waals surface area contributed by atoms with Crippen molar-refractivity contribution in [1.82, 2.24) is 4.57 Å². The minimum Gasteiger partial charge on any atom is -0.537 e. The molecule has 0 spiro atoms. The van der Waals surface area contributed by atoms with E-state index in [1.54, 1.807) is 0 Å². The van der Waals surface area contributed by atoms with Gasteiger partial charge in [-0.25, -0.2) is 0 Å². The standard InChI is InChI=1S/C28H19BNO2/c31-29-32-22-14-15-28-26(18-22)24-12-6-7-13-27(24)30(28)21-16-20-10-4-5-11-23(20)25(17-21)19-8-2-1-3-9-19/h1-18,31H. The quantitative estimate of drug-likeness (QED) is 0.335. The molecule has 1 radical (unpaired) electrons. The lowest BCUT2D eigenvalue weighted by Crippen LogP contribution is -1.99. The van der Waals surface area contributed by atoms with E-state index in [-0.39, 0.29) is 0 Å². The van der Waals surface area contributed by atoms with Gasteiger partial charge in [-0.05, 0) is 58.3 Å². The van der Waals surface area contributed by atoms with Gasteiger partial charge in [0.05, 0.1) is 11.0 Å². The summed E-state index contributed by atoms with van der Waals surface area (Å²) >= 11 is 0. The zero-order valence-corrected chi connectivity index (χ0v) is 17.3. The third-order valence-corrected chi connectivity index (χ3v) is 6.02. The molecule has 0 atom stereocenters. The van der Waals surface area contributed by atoms with E-state index in [1.165, 1.54) is 21.9 Å². The Kier molecular flexibility index (Phi) is 4.44. The van der Waals surface area contributed by atoms with Crippen molar-refractivity contribution in [2.75, 3.05) is 0 Å². The highest BCUT2D eigenvalue weighted by atomic mass is 16.5. The first-order valence-corrected chi connectivity index (χ1v) is 10.6. The fourth-order valence-electron chi connectivity index (χ4n) is 4.64. The predicted molar refractivity (Wildman–Crippen MR) is 132 cm³/mol. The van der Waals surface area contributed by atoms with Crippen LogP contribution in [0.25, 0.3) is 49.4 Å². The highest BCUT2D eigenvalue weighted by Gasteiger charge is 2.15. The molecule has 0 aliphatic carbocycles. The molecular weight excluding hydrogens is 393 g/mol. The van der Waals surface area contributed by atoms with Crippen molar-refractivity contribution in [3.8, 4) is 22.6 Å². The number of aromatic nitrogens is 1. The van der Waals surface area contributed by atoms with Crippen LogP contribution in [0.4, 0.5) is 0 Å². The molecule has 0 saturated carbocycles. The van der Waals surface area contributed by atoms with Crippen LogP contribution >= 0.6 is 0 Å². The van der Waals surface area contributed by atoms with Gasteiger partial charge in [0.1, 0.15) is 5.75 Å². The van der Waals surface area contributed by atoms with Crippen LogP contribution in [0, 0.1) is 0 Å². The Balaban J connectivity index is 1.70. The molecule has 32 heavy (non-hydrogen) atoms. The van der Waals surface area contributed by atoms with Gasteiger partial charge in [0.2, 0.25) is 0 Å². The van der Waals surface area contributed by atoms with Gasteiger partial charge in [0.25, 0.3) is 0 Å². The van der Waals surface area contributed by atoms with E-state index in [9.17, 15) is 0 Å². The molecule has 0 saturated heterocycles. The molecule has 0 amide bonds. The number of fused-ring (bicyclic) bond motifs is 4. The summed E-state index contributed by atoms with van der Waals surface area (Å²) in [7, 11) is 0.718. The second kappa shape index (κ2) is 7.59. The molecule has 6 rings (SSSR count). The fourth-order valence-corrected chi connectivity index (χ4v) is 4.64. The van der Waals surface area contributed by atoms with Crippen LogP contribution in [-0.4, -0.2) is 17.3 Å². The number of para-hydroxylation sites is 1. The summed E-state index contributed by atoms with van der Waals surface area (Å²) in [5, 5.41) is 13.7.